The van der Waals surface area contributed by atoms with Crippen LogP contribution >= 0.6 is 0 Å². The molecule has 21 heavy (non-hydrogen) atoms. The Morgan fingerprint density at radius 2 is 2.00 bits per heavy atom. The van der Waals surface area contributed by atoms with Crippen LogP contribution in [0.1, 0.15) is 44.1 Å². The maximum atomic E-state index is 11.3. The Hall–Kier alpha value is -2.18. The van der Waals surface area contributed by atoms with Gasteiger partial charge in [-0.25, -0.2) is 4.79 Å². The van der Waals surface area contributed by atoms with Crippen molar-refractivity contribution in [1.29, 1.82) is 0 Å². The van der Waals surface area contributed by atoms with E-state index in [2.05, 4.69) is 20.3 Å². The third kappa shape index (κ3) is 6.20. The lowest BCUT2D eigenvalue weighted by molar-refractivity contribution is -0.137. The number of nitrogens with zero attached hydrogens (tertiary/aromatic N) is 2. The van der Waals surface area contributed by atoms with Crippen molar-refractivity contribution in [1.82, 2.24) is 10.2 Å². The fourth-order valence-corrected chi connectivity index (χ4v) is 1.96. The highest BCUT2D eigenvalue weighted by Gasteiger charge is 2.21. The molecule has 0 aliphatic rings. The summed E-state index contributed by atoms with van der Waals surface area (Å²) in [5.74, 6) is -1.01. The number of ether oxygens (including phenoxy) is 1. The van der Waals surface area contributed by atoms with E-state index in [-0.39, 0.29) is 23.6 Å². The molecule has 1 atom stereocenters. The van der Waals surface area contributed by atoms with E-state index in [0.717, 1.165) is 0 Å². The van der Waals surface area contributed by atoms with Gasteiger partial charge in [-0.2, -0.15) is 0 Å². The van der Waals surface area contributed by atoms with Gasteiger partial charge < -0.3 is 15.2 Å². The van der Waals surface area contributed by atoms with E-state index >= 15 is 0 Å². The van der Waals surface area contributed by atoms with Crippen molar-refractivity contribution < 1.29 is 19.4 Å². The van der Waals surface area contributed by atoms with Gasteiger partial charge in [-0.05, 0) is 24.0 Å². The number of nitrogens with one attached hydrogen (secondary N) is 1. The molecule has 0 aromatic carbocycles. The quantitative estimate of drug-likeness (QED) is 0.773. The van der Waals surface area contributed by atoms with Crippen LogP contribution < -0.4 is 5.32 Å². The van der Waals surface area contributed by atoms with Gasteiger partial charge >= 0.3 is 11.9 Å². The molecule has 0 fully saturated rings. The first-order valence-electron chi connectivity index (χ1n) is 6.61. The Bertz CT molecular complexity index is 494. The van der Waals surface area contributed by atoms with Crippen molar-refractivity contribution in [2.24, 2.45) is 5.41 Å². The molecular weight excluding hydrogens is 274 g/mol. The molecule has 0 aliphatic heterocycles. The molecule has 1 heterocycles. The predicted molar refractivity (Wildman–Crippen MR) is 77.1 cm³/mol. The second-order valence-electron chi connectivity index (χ2n) is 6.00. The van der Waals surface area contributed by atoms with E-state index in [4.69, 9.17) is 5.11 Å². The average Bonchev–Trinajstić information content (AvgIpc) is 2.36. The topological polar surface area (TPSA) is 101 Å². The lowest BCUT2D eigenvalue weighted by atomic mass is 9.87. The highest BCUT2D eigenvalue weighted by atomic mass is 16.5. The van der Waals surface area contributed by atoms with Crippen molar-refractivity contribution >= 4 is 17.8 Å². The molecule has 1 aromatic heterocycles. The summed E-state index contributed by atoms with van der Waals surface area (Å²) in [5, 5.41) is 19.6. The third-order valence-electron chi connectivity index (χ3n) is 2.69. The standard InChI is InChI=1S/C14H21N3O4/c1-14(2,3)8-9(7-12(18)19)15-11-6-5-10(16-17-11)13(20)21-4/h5-6,9H,7-8H2,1-4H3,(H,15,17)(H,18,19). The number of esters is 1. The zero-order valence-corrected chi connectivity index (χ0v) is 12.7. The molecule has 0 spiro atoms. The summed E-state index contributed by atoms with van der Waals surface area (Å²) in [6, 6.07) is 2.80. The lowest BCUT2D eigenvalue weighted by Crippen LogP contribution is -2.28. The van der Waals surface area contributed by atoms with Gasteiger partial charge in [0.15, 0.2) is 5.69 Å². The van der Waals surface area contributed by atoms with Crippen LogP contribution in [0.3, 0.4) is 0 Å². The van der Waals surface area contributed by atoms with E-state index in [1.807, 2.05) is 20.8 Å². The third-order valence-corrected chi connectivity index (χ3v) is 2.69. The first-order chi connectivity index (χ1) is 9.71. The number of anilines is 1. The van der Waals surface area contributed by atoms with Gasteiger partial charge in [0.05, 0.1) is 13.5 Å². The average molecular weight is 295 g/mol. The fourth-order valence-electron chi connectivity index (χ4n) is 1.96. The number of aromatic nitrogens is 2. The number of carboxylic acids is 1. The van der Waals surface area contributed by atoms with E-state index in [1.165, 1.54) is 13.2 Å². The van der Waals surface area contributed by atoms with Gasteiger partial charge in [-0.3, -0.25) is 4.79 Å². The molecule has 116 valence electrons. The molecule has 1 rings (SSSR count). The number of methoxy groups -OCH3 is 1. The number of aliphatic carboxylic acids is 1. The fraction of sp³-hybridized carbons (Fsp3) is 0.571. The number of rotatable bonds is 6. The monoisotopic (exact) mass is 295 g/mol. The smallest absolute Gasteiger partial charge is 0.358 e. The molecule has 0 saturated carbocycles. The number of hydrogen-bond donors (Lipinski definition) is 2. The Labute approximate surface area is 123 Å². The molecule has 1 unspecified atom stereocenters. The van der Waals surface area contributed by atoms with Gasteiger partial charge in [-0.15, -0.1) is 10.2 Å². The first-order valence-corrected chi connectivity index (χ1v) is 6.61. The van der Waals surface area contributed by atoms with Crippen LogP contribution in [0.25, 0.3) is 0 Å². The largest absolute Gasteiger partial charge is 0.481 e. The molecule has 7 heteroatoms. The molecule has 2 N–H and O–H groups in total. The van der Waals surface area contributed by atoms with E-state index < -0.39 is 11.9 Å². The van der Waals surface area contributed by atoms with Crippen LogP contribution in [0.2, 0.25) is 0 Å². The first kappa shape index (κ1) is 16.9. The van der Waals surface area contributed by atoms with E-state index in [0.29, 0.717) is 12.2 Å². The second kappa shape index (κ2) is 7.01. The van der Waals surface area contributed by atoms with Crippen LogP contribution in [-0.4, -0.2) is 40.4 Å². The van der Waals surface area contributed by atoms with Crippen molar-refractivity contribution in [2.75, 3.05) is 12.4 Å². The molecule has 0 radical (unpaired) electrons. The summed E-state index contributed by atoms with van der Waals surface area (Å²) in [4.78, 5) is 22.2. The van der Waals surface area contributed by atoms with E-state index in [9.17, 15) is 9.59 Å². The maximum Gasteiger partial charge on any atom is 0.358 e. The molecule has 7 nitrogen and oxygen atoms in total. The molecule has 0 aliphatic carbocycles. The lowest BCUT2D eigenvalue weighted by Gasteiger charge is -2.26. The summed E-state index contributed by atoms with van der Waals surface area (Å²) < 4.78 is 4.54. The van der Waals surface area contributed by atoms with Crippen molar-refractivity contribution in [3.8, 4) is 0 Å². The second-order valence-corrected chi connectivity index (χ2v) is 6.00. The zero-order valence-electron chi connectivity index (χ0n) is 12.7. The highest BCUT2D eigenvalue weighted by molar-refractivity contribution is 5.86. The Morgan fingerprint density at radius 3 is 2.43 bits per heavy atom. The van der Waals surface area contributed by atoms with Crippen molar-refractivity contribution in [3.05, 3.63) is 17.8 Å². The van der Waals surface area contributed by atoms with Gasteiger partial charge in [0, 0.05) is 6.04 Å². The summed E-state index contributed by atoms with van der Waals surface area (Å²) in [5.41, 5.74) is 0.0839. The van der Waals surface area contributed by atoms with Gasteiger partial charge in [0.1, 0.15) is 5.82 Å². The van der Waals surface area contributed by atoms with Crippen LogP contribution in [0.15, 0.2) is 12.1 Å². The predicted octanol–water partition coefficient (Wildman–Crippen LogP) is 1.95. The summed E-state index contributed by atoms with van der Waals surface area (Å²) in [6.45, 7) is 6.11. The van der Waals surface area contributed by atoms with Gasteiger partial charge in [0.2, 0.25) is 0 Å². The highest BCUT2D eigenvalue weighted by Crippen LogP contribution is 2.24. The van der Waals surface area contributed by atoms with Crippen molar-refractivity contribution in [2.45, 2.75) is 39.7 Å². The Kier molecular flexibility index (Phi) is 5.63. The number of hydrogen-bond acceptors (Lipinski definition) is 6. The summed E-state index contributed by atoms with van der Waals surface area (Å²) in [6.07, 6.45) is 0.650. The number of carbonyl (C=O) groups excluding carboxylic acids is 1. The minimum Gasteiger partial charge on any atom is -0.481 e. The SMILES string of the molecule is COC(=O)c1ccc(NC(CC(=O)O)CC(C)(C)C)nn1. The van der Waals surface area contributed by atoms with Crippen LogP contribution in [0.5, 0.6) is 0 Å². The van der Waals surface area contributed by atoms with E-state index in [1.54, 1.807) is 6.07 Å². The summed E-state index contributed by atoms with van der Waals surface area (Å²) in [7, 11) is 1.27. The maximum absolute atomic E-state index is 11.3. The minimum absolute atomic E-state index is 0.0162. The van der Waals surface area contributed by atoms with Crippen LogP contribution in [-0.2, 0) is 9.53 Å². The van der Waals surface area contributed by atoms with Gasteiger partial charge in [0.25, 0.3) is 0 Å². The Morgan fingerprint density at radius 1 is 1.33 bits per heavy atom. The zero-order chi connectivity index (χ0) is 16.0. The molecule has 0 amide bonds. The number of carbonyl (C=O) groups is 2. The minimum atomic E-state index is -0.879. The van der Waals surface area contributed by atoms with Gasteiger partial charge in [-0.1, -0.05) is 20.8 Å². The molecule has 0 bridgehead atoms. The number of carboxylic acid groups (broad SMARTS) is 1. The molecule has 0 saturated heterocycles. The van der Waals surface area contributed by atoms with Crippen molar-refractivity contribution in [3.63, 3.8) is 0 Å². The molecule has 1 aromatic rings. The normalized spacial score (nSPS) is 12.6. The molecular formula is C14H21N3O4. The van der Waals surface area contributed by atoms with Crippen LogP contribution in [0.4, 0.5) is 5.82 Å². The summed E-state index contributed by atoms with van der Waals surface area (Å²) >= 11 is 0. The Balaban J connectivity index is 2.78. The van der Waals surface area contributed by atoms with Crippen LogP contribution in [0, 0.1) is 5.41 Å².